The Labute approximate surface area is 198 Å². The standard InChI is InChI=1S/C22H33N3O7S/c1-5-6-14(13-33-16-9-7-15(26)8-10-16)19(22(30)25(3)31)21(29)24-17(20(28)23-2)11-12-18(27)32-4/h7-10,14,17,19,26,31H,5-6,11-13H2,1-4H3,(H,23,28)(H,24,29)/t14-,17-,19-/m0/s1. The largest absolute Gasteiger partial charge is 0.508 e. The van der Waals surface area contributed by atoms with Crippen LogP contribution in [0, 0.1) is 11.8 Å². The van der Waals surface area contributed by atoms with E-state index >= 15 is 0 Å². The summed E-state index contributed by atoms with van der Waals surface area (Å²) in [6.07, 6.45) is 1.11. The Morgan fingerprint density at radius 3 is 2.27 bits per heavy atom. The van der Waals surface area contributed by atoms with Crippen LogP contribution in [-0.4, -0.2) is 72.1 Å². The SMILES string of the molecule is CCC[C@@H](CSc1ccc(O)cc1)[C@@H](C(=O)N[C@@H](CCC(=O)OC)C(=O)NC)C(=O)N(C)O. The van der Waals surface area contributed by atoms with Gasteiger partial charge in [-0.15, -0.1) is 11.8 Å². The second kappa shape index (κ2) is 14.4. The summed E-state index contributed by atoms with van der Waals surface area (Å²) in [7, 11) is 3.77. The number of hydroxylamine groups is 2. The molecule has 3 atom stereocenters. The first-order chi connectivity index (χ1) is 15.6. The van der Waals surface area contributed by atoms with Crippen LogP contribution in [0.1, 0.15) is 32.6 Å². The molecule has 4 N–H and O–H groups in total. The summed E-state index contributed by atoms with van der Waals surface area (Å²) in [6, 6.07) is 5.50. The van der Waals surface area contributed by atoms with E-state index in [0.29, 0.717) is 23.7 Å². The second-order valence-electron chi connectivity index (χ2n) is 7.48. The van der Waals surface area contributed by atoms with E-state index in [1.165, 1.54) is 25.9 Å². The smallest absolute Gasteiger partial charge is 0.305 e. The van der Waals surface area contributed by atoms with Crippen molar-refractivity contribution in [1.82, 2.24) is 15.7 Å². The lowest BCUT2D eigenvalue weighted by Crippen LogP contribution is -2.52. The van der Waals surface area contributed by atoms with Gasteiger partial charge in [0, 0.05) is 31.2 Å². The lowest BCUT2D eigenvalue weighted by atomic mass is 9.88. The quantitative estimate of drug-likeness (QED) is 0.109. The molecule has 0 radical (unpaired) electrons. The zero-order chi connectivity index (χ0) is 25.0. The molecule has 11 heteroatoms. The van der Waals surface area contributed by atoms with Crippen molar-refractivity contribution in [3.05, 3.63) is 24.3 Å². The molecule has 0 bridgehead atoms. The number of carbonyl (C=O) groups is 4. The zero-order valence-electron chi connectivity index (χ0n) is 19.4. The molecule has 1 aromatic rings. The molecule has 0 aliphatic carbocycles. The highest BCUT2D eigenvalue weighted by Gasteiger charge is 2.38. The Bertz CT molecular complexity index is 802. The lowest BCUT2D eigenvalue weighted by Gasteiger charge is -2.28. The summed E-state index contributed by atoms with van der Waals surface area (Å²) in [5.74, 6) is -3.70. The van der Waals surface area contributed by atoms with Crippen molar-refractivity contribution in [2.75, 3.05) is 27.0 Å². The van der Waals surface area contributed by atoms with Crippen molar-refractivity contribution >= 4 is 35.5 Å². The lowest BCUT2D eigenvalue weighted by molar-refractivity contribution is -0.168. The number of hydrogen-bond donors (Lipinski definition) is 4. The number of phenols is 1. The highest BCUT2D eigenvalue weighted by Crippen LogP contribution is 2.29. The molecule has 1 rings (SSSR count). The number of nitrogens with one attached hydrogen (secondary N) is 2. The molecule has 10 nitrogen and oxygen atoms in total. The number of rotatable bonds is 13. The van der Waals surface area contributed by atoms with Crippen LogP contribution < -0.4 is 10.6 Å². The summed E-state index contributed by atoms with van der Waals surface area (Å²) in [4.78, 5) is 50.6. The van der Waals surface area contributed by atoms with E-state index < -0.39 is 41.6 Å². The number of benzene rings is 1. The molecular weight excluding hydrogens is 450 g/mol. The van der Waals surface area contributed by atoms with Crippen LogP contribution in [0.15, 0.2) is 29.2 Å². The monoisotopic (exact) mass is 483 g/mol. The summed E-state index contributed by atoms with van der Waals surface area (Å²) in [6.45, 7) is 1.92. The molecule has 0 spiro atoms. The minimum absolute atomic E-state index is 0.00529. The topological polar surface area (TPSA) is 145 Å². The van der Waals surface area contributed by atoms with Crippen molar-refractivity contribution in [1.29, 1.82) is 0 Å². The predicted molar refractivity (Wildman–Crippen MR) is 123 cm³/mol. The first-order valence-electron chi connectivity index (χ1n) is 10.6. The van der Waals surface area contributed by atoms with Gasteiger partial charge in [0.1, 0.15) is 17.7 Å². The number of amides is 3. The van der Waals surface area contributed by atoms with Gasteiger partial charge in [0.05, 0.1) is 7.11 Å². The first kappa shape index (κ1) is 28.2. The Balaban J connectivity index is 3.09. The van der Waals surface area contributed by atoms with Crippen LogP contribution in [-0.2, 0) is 23.9 Å². The van der Waals surface area contributed by atoms with E-state index in [2.05, 4.69) is 15.4 Å². The van der Waals surface area contributed by atoms with E-state index in [0.717, 1.165) is 11.9 Å². The highest BCUT2D eigenvalue weighted by atomic mass is 32.2. The number of thioether (sulfide) groups is 1. The number of carbonyl (C=O) groups excluding carboxylic acids is 4. The van der Waals surface area contributed by atoms with E-state index in [9.17, 15) is 29.5 Å². The van der Waals surface area contributed by atoms with Gasteiger partial charge in [0.15, 0.2) is 0 Å². The highest BCUT2D eigenvalue weighted by molar-refractivity contribution is 7.99. The number of phenolic OH excluding ortho intramolecular Hbond substituents is 1. The number of likely N-dealkylation sites (N-methyl/N-ethyl adjacent to an activating group) is 1. The Kier molecular flexibility index (Phi) is 12.3. The molecule has 0 saturated carbocycles. The number of hydrogen-bond acceptors (Lipinski definition) is 8. The van der Waals surface area contributed by atoms with Crippen LogP contribution in [0.4, 0.5) is 0 Å². The minimum atomic E-state index is -1.24. The first-order valence-corrected chi connectivity index (χ1v) is 11.6. The molecule has 0 aromatic heterocycles. The predicted octanol–water partition coefficient (Wildman–Crippen LogP) is 1.55. The minimum Gasteiger partial charge on any atom is -0.508 e. The van der Waals surface area contributed by atoms with Crippen molar-refractivity contribution < 1.29 is 34.2 Å². The molecule has 0 heterocycles. The molecule has 184 valence electrons. The molecule has 33 heavy (non-hydrogen) atoms. The fourth-order valence-corrected chi connectivity index (χ4v) is 4.35. The third-order valence-electron chi connectivity index (χ3n) is 5.04. The van der Waals surface area contributed by atoms with Crippen LogP contribution >= 0.6 is 11.8 Å². The third kappa shape index (κ3) is 9.30. The number of methoxy groups -OCH3 is 1. The van der Waals surface area contributed by atoms with Gasteiger partial charge < -0.3 is 20.5 Å². The number of esters is 1. The second-order valence-corrected chi connectivity index (χ2v) is 8.58. The fraction of sp³-hybridized carbons (Fsp3) is 0.545. The van der Waals surface area contributed by atoms with Gasteiger partial charge >= 0.3 is 5.97 Å². The molecule has 0 aliphatic rings. The van der Waals surface area contributed by atoms with E-state index in [-0.39, 0.29) is 18.6 Å². The van der Waals surface area contributed by atoms with Crippen molar-refractivity contribution in [3.63, 3.8) is 0 Å². The summed E-state index contributed by atoms with van der Waals surface area (Å²) in [5, 5.41) is 24.6. The van der Waals surface area contributed by atoms with Gasteiger partial charge in [-0.3, -0.25) is 24.4 Å². The molecule has 0 unspecified atom stereocenters. The maximum absolute atomic E-state index is 13.2. The van der Waals surface area contributed by atoms with Gasteiger partial charge in [0.25, 0.3) is 5.91 Å². The number of aromatic hydroxyl groups is 1. The van der Waals surface area contributed by atoms with E-state index in [1.54, 1.807) is 24.3 Å². The van der Waals surface area contributed by atoms with Gasteiger partial charge in [0.2, 0.25) is 11.8 Å². The summed E-state index contributed by atoms with van der Waals surface area (Å²) >= 11 is 1.41. The fourth-order valence-electron chi connectivity index (χ4n) is 3.26. The maximum Gasteiger partial charge on any atom is 0.305 e. The van der Waals surface area contributed by atoms with Gasteiger partial charge in [-0.25, -0.2) is 5.06 Å². The van der Waals surface area contributed by atoms with Gasteiger partial charge in [-0.1, -0.05) is 13.3 Å². The van der Waals surface area contributed by atoms with Crippen LogP contribution in [0.3, 0.4) is 0 Å². The summed E-state index contributed by atoms with van der Waals surface area (Å²) in [5.41, 5.74) is 0. The Hall–Kier alpha value is -2.79. The summed E-state index contributed by atoms with van der Waals surface area (Å²) < 4.78 is 4.59. The third-order valence-corrected chi connectivity index (χ3v) is 6.24. The van der Waals surface area contributed by atoms with Crippen molar-refractivity contribution in [2.45, 2.75) is 43.5 Å². The Morgan fingerprint density at radius 1 is 1.12 bits per heavy atom. The van der Waals surface area contributed by atoms with Crippen LogP contribution in [0.25, 0.3) is 0 Å². The van der Waals surface area contributed by atoms with Crippen LogP contribution in [0.2, 0.25) is 0 Å². The van der Waals surface area contributed by atoms with Gasteiger partial charge in [-0.2, -0.15) is 0 Å². The number of nitrogens with zero attached hydrogens (tertiary/aromatic N) is 1. The molecule has 0 aliphatic heterocycles. The normalized spacial score (nSPS) is 13.4. The number of ether oxygens (including phenoxy) is 1. The average molecular weight is 484 g/mol. The molecule has 3 amide bonds. The molecule has 0 fully saturated rings. The molecule has 1 aromatic carbocycles. The van der Waals surface area contributed by atoms with E-state index in [4.69, 9.17) is 0 Å². The maximum atomic E-state index is 13.2. The molecule has 0 saturated heterocycles. The molecular formula is C22H33N3O7S. The Morgan fingerprint density at radius 2 is 1.76 bits per heavy atom. The van der Waals surface area contributed by atoms with Crippen molar-refractivity contribution in [2.24, 2.45) is 11.8 Å². The zero-order valence-corrected chi connectivity index (χ0v) is 20.2. The average Bonchev–Trinajstić information content (AvgIpc) is 2.80. The van der Waals surface area contributed by atoms with Crippen LogP contribution in [0.5, 0.6) is 5.75 Å². The van der Waals surface area contributed by atoms with Gasteiger partial charge in [-0.05, 0) is 43.0 Å². The van der Waals surface area contributed by atoms with E-state index in [1.807, 2.05) is 6.92 Å². The van der Waals surface area contributed by atoms with Crippen molar-refractivity contribution in [3.8, 4) is 5.75 Å².